The zero-order valence-corrected chi connectivity index (χ0v) is 13.9. The van der Waals surface area contributed by atoms with Gasteiger partial charge in [-0.15, -0.1) is 0 Å². The van der Waals surface area contributed by atoms with Crippen molar-refractivity contribution in [1.82, 2.24) is 5.32 Å². The normalized spacial score (nSPS) is 21.4. The molecular formula is C18H34N2O. The van der Waals surface area contributed by atoms with Gasteiger partial charge in [-0.05, 0) is 44.4 Å². The second kappa shape index (κ2) is 10.9. The summed E-state index contributed by atoms with van der Waals surface area (Å²) in [7, 11) is 0. The summed E-state index contributed by atoms with van der Waals surface area (Å²) in [5.41, 5.74) is 6.54. The number of nitrogens with one attached hydrogen (secondary N) is 1. The summed E-state index contributed by atoms with van der Waals surface area (Å²) in [6.07, 6.45) is 15.8. The summed E-state index contributed by atoms with van der Waals surface area (Å²) in [6.45, 7) is 4.45. The molecule has 1 aliphatic rings. The van der Waals surface area contributed by atoms with Crippen LogP contribution in [0.5, 0.6) is 0 Å². The molecule has 1 saturated carbocycles. The van der Waals surface area contributed by atoms with E-state index in [0.29, 0.717) is 18.0 Å². The van der Waals surface area contributed by atoms with Gasteiger partial charge in [0, 0.05) is 24.6 Å². The Morgan fingerprint density at radius 3 is 2.48 bits per heavy atom. The highest BCUT2D eigenvalue weighted by molar-refractivity contribution is 5.14. The number of aliphatic hydroxyl groups excluding tert-OH is 1. The molecule has 1 fully saturated rings. The van der Waals surface area contributed by atoms with Crippen molar-refractivity contribution in [1.29, 1.82) is 0 Å². The Balaban J connectivity index is 2.51. The van der Waals surface area contributed by atoms with Crippen molar-refractivity contribution in [2.24, 2.45) is 11.7 Å². The molecular weight excluding hydrogens is 260 g/mol. The van der Waals surface area contributed by atoms with Gasteiger partial charge in [0.15, 0.2) is 0 Å². The van der Waals surface area contributed by atoms with Crippen molar-refractivity contribution in [3.05, 3.63) is 23.9 Å². The summed E-state index contributed by atoms with van der Waals surface area (Å²) in [6, 6.07) is 1.05. The minimum atomic E-state index is 0.244. The molecule has 4 N–H and O–H groups in total. The third-order valence-corrected chi connectivity index (χ3v) is 4.63. The van der Waals surface area contributed by atoms with E-state index in [1.165, 1.54) is 38.5 Å². The van der Waals surface area contributed by atoms with Gasteiger partial charge in [0.1, 0.15) is 0 Å². The molecule has 0 amide bonds. The standard InChI is InChI=1S/C18H34N2O/c1-3-18(20-17-11-6-4-5-7-12-17)16(14-21)10-8-9-15(2)13-19/h8-9,13,16-18,20-21H,3-7,10-12,14,19H2,1-2H3/b9-8-,15-13-. The highest BCUT2D eigenvalue weighted by Crippen LogP contribution is 2.21. The van der Waals surface area contributed by atoms with Gasteiger partial charge in [-0.2, -0.15) is 0 Å². The van der Waals surface area contributed by atoms with Crippen molar-refractivity contribution in [3.8, 4) is 0 Å². The molecule has 0 heterocycles. The van der Waals surface area contributed by atoms with E-state index in [-0.39, 0.29) is 6.61 Å². The van der Waals surface area contributed by atoms with E-state index in [0.717, 1.165) is 18.4 Å². The average molecular weight is 294 g/mol. The Labute approximate surface area is 130 Å². The highest BCUT2D eigenvalue weighted by atomic mass is 16.3. The molecule has 0 saturated heterocycles. The fourth-order valence-electron chi connectivity index (χ4n) is 3.19. The van der Waals surface area contributed by atoms with E-state index in [1.54, 1.807) is 6.20 Å². The van der Waals surface area contributed by atoms with Crippen LogP contribution in [-0.4, -0.2) is 23.8 Å². The minimum Gasteiger partial charge on any atom is -0.404 e. The third-order valence-electron chi connectivity index (χ3n) is 4.63. The molecule has 0 radical (unpaired) electrons. The number of aliphatic hydroxyl groups is 1. The second-order valence-corrected chi connectivity index (χ2v) is 6.36. The Morgan fingerprint density at radius 2 is 1.95 bits per heavy atom. The van der Waals surface area contributed by atoms with E-state index >= 15 is 0 Å². The van der Waals surface area contributed by atoms with Crippen LogP contribution in [0.25, 0.3) is 0 Å². The van der Waals surface area contributed by atoms with Crippen LogP contribution in [-0.2, 0) is 0 Å². The molecule has 3 heteroatoms. The average Bonchev–Trinajstić information content (AvgIpc) is 2.78. The number of nitrogens with two attached hydrogens (primary N) is 1. The molecule has 0 aromatic rings. The highest BCUT2D eigenvalue weighted by Gasteiger charge is 2.22. The van der Waals surface area contributed by atoms with Crippen molar-refractivity contribution >= 4 is 0 Å². The molecule has 0 bridgehead atoms. The van der Waals surface area contributed by atoms with Gasteiger partial charge in [0.2, 0.25) is 0 Å². The Hall–Kier alpha value is -0.800. The molecule has 2 unspecified atom stereocenters. The van der Waals surface area contributed by atoms with Crippen LogP contribution in [0.1, 0.15) is 65.2 Å². The number of allylic oxidation sites excluding steroid dienone is 3. The van der Waals surface area contributed by atoms with Gasteiger partial charge in [0.05, 0.1) is 0 Å². The summed E-state index contributed by atoms with van der Waals surface area (Å²) in [4.78, 5) is 0. The zero-order valence-electron chi connectivity index (χ0n) is 13.9. The van der Waals surface area contributed by atoms with Gasteiger partial charge in [0.25, 0.3) is 0 Å². The zero-order chi connectivity index (χ0) is 15.5. The lowest BCUT2D eigenvalue weighted by Gasteiger charge is -2.29. The van der Waals surface area contributed by atoms with E-state index in [2.05, 4.69) is 18.3 Å². The molecule has 0 spiro atoms. The molecule has 0 aliphatic heterocycles. The van der Waals surface area contributed by atoms with Crippen LogP contribution < -0.4 is 11.1 Å². The first kappa shape index (κ1) is 18.2. The molecule has 3 nitrogen and oxygen atoms in total. The van der Waals surface area contributed by atoms with Crippen molar-refractivity contribution in [2.75, 3.05) is 6.61 Å². The first-order valence-electron chi connectivity index (χ1n) is 8.63. The van der Waals surface area contributed by atoms with Gasteiger partial charge in [-0.1, -0.05) is 44.8 Å². The SMILES string of the molecule is CCC(NC1CCCCCC1)C(CO)C/C=C\C(C)=C/N. The summed E-state index contributed by atoms with van der Waals surface area (Å²) in [5, 5.41) is 13.5. The predicted molar refractivity (Wildman–Crippen MR) is 91.0 cm³/mol. The summed E-state index contributed by atoms with van der Waals surface area (Å²) < 4.78 is 0. The smallest absolute Gasteiger partial charge is 0.0477 e. The Kier molecular flexibility index (Phi) is 9.44. The van der Waals surface area contributed by atoms with Crippen LogP contribution >= 0.6 is 0 Å². The molecule has 1 rings (SSSR count). The minimum absolute atomic E-state index is 0.244. The van der Waals surface area contributed by atoms with Gasteiger partial charge in [-0.3, -0.25) is 0 Å². The molecule has 1 aliphatic carbocycles. The summed E-state index contributed by atoms with van der Waals surface area (Å²) >= 11 is 0. The largest absolute Gasteiger partial charge is 0.404 e. The van der Waals surface area contributed by atoms with Crippen molar-refractivity contribution < 1.29 is 5.11 Å². The van der Waals surface area contributed by atoms with Gasteiger partial charge >= 0.3 is 0 Å². The van der Waals surface area contributed by atoms with Gasteiger partial charge < -0.3 is 16.2 Å². The number of rotatable bonds is 8. The quantitative estimate of drug-likeness (QED) is 0.474. The fraction of sp³-hybridized carbons (Fsp3) is 0.778. The fourth-order valence-corrected chi connectivity index (χ4v) is 3.19. The van der Waals surface area contributed by atoms with Crippen molar-refractivity contribution in [2.45, 2.75) is 77.3 Å². The first-order valence-corrected chi connectivity index (χ1v) is 8.63. The van der Waals surface area contributed by atoms with Crippen LogP contribution in [0, 0.1) is 5.92 Å². The molecule has 122 valence electrons. The lowest BCUT2D eigenvalue weighted by Crippen LogP contribution is -2.43. The first-order chi connectivity index (χ1) is 10.2. The summed E-state index contributed by atoms with van der Waals surface area (Å²) in [5.74, 6) is 0.292. The molecule has 21 heavy (non-hydrogen) atoms. The van der Waals surface area contributed by atoms with E-state index in [1.807, 2.05) is 13.0 Å². The molecule has 2 atom stereocenters. The van der Waals surface area contributed by atoms with E-state index in [4.69, 9.17) is 5.73 Å². The lowest BCUT2D eigenvalue weighted by atomic mass is 9.92. The topological polar surface area (TPSA) is 58.3 Å². The number of hydrogen-bond acceptors (Lipinski definition) is 3. The Bertz CT molecular complexity index is 317. The Morgan fingerprint density at radius 1 is 1.29 bits per heavy atom. The van der Waals surface area contributed by atoms with Gasteiger partial charge in [-0.25, -0.2) is 0 Å². The second-order valence-electron chi connectivity index (χ2n) is 6.36. The van der Waals surface area contributed by atoms with Crippen LogP contribution in [0.2, 0.25) is 0 Å². The van der Waals surface area contributed by atoms with E-state index in [9.17, 15) is 5.11 Å². The maximum absolute atomic E-state index is 9.72. The lowest BCUT2D eigenvalue weighted by molar-refractivity contribution is 0.177. The van der Waals surface area contributed by atoms with Crippen LogP contribution in [0.15, 0.2) is 23.9 Å². The van der Waals surface area contributed by atoms with Crippen molar-refractivity contribution in [3.63, 3.8) is 0 Å². The van der Waals surface area contributed by atoms with Crippen LogP contribution in [0.4, 0.5) is 0 Å². The van der Waals surface area contributed by atoms with E-state index < -0.39 is 0 Å². The monoisotopic (exact) mass is 294 g/mol. The molecule has 0 aromatic heterocycles. The maximum Gasteiger partial charge on any atom is 0.0477 e. The number of hydrogen-bond donors (Lipinski definition) is 3. The maximum atomic E-state index is 9.72. The third kappa shape index (κ3) is 7.14. The predicted octanol–water partition coefficient (Wildman–Crippen LogP) is 3.49. The molecule has 0 aromatic carbocycles. The van der Waals surface area contributed by atoms with Crippen LogP contribution in [0.3, 0.4) is 0 Å².